The van der Waals surface area contributed by atoms with Crippen molar-refractivity contribution >= 4 is 17.4 Å². The van der Waals surface area contributed by atoms with Crippen LogP contribution in [-0.2, 0) is 0 Å². The molecule has 2 aliphatic heterocycles. The number of aryl methyl sites for hydroxylation is 2. The van der Waals surface area contributed by atoms with Crippen LogP contribution in [0.3, 0.4) is 0 Å². The van der Waals surface area contributed by atoms with Gasteiger partial charge in [-0.15, -0.1) is 0 Å². The van der Waals surface area contributed by atoms with Gasteiger partial charge in [-0.25, -0.2) is 9.50 Å². The lowest BCUT2D eigenvalue weighted by atomic mass is 9.97. The summed E-state index contributed by atoms with van der Waals surface area (Å²) in [6.45, 7) is 6.36. The fourth-order valence-electron chi connectivity index (χ4n) is 4.96. The number of likely N-dealkylation sites (tertiary alicyclic amines) is 1. The van der Waals surface area contributed by atoms with E-state index < -0.39 is 0 Å². The Balaban J connectivity index is 1.48. The van der Waals surface area contributed by atoms with E-state index >= 15 is 0 Å². The number of aromatic hydroxyl groups is 1. The molecule has 1 amide bonds. The average molecular weight is 435 g/mol. The number of carbonyl (C=O) groups is 1. The normalized spacial score (nSPS) is 21.5. The number of piperidine rings is 1. The molecule has 168 valence electrons. The molecule has 8 heteroatoms. The number of benzene rings is 1. The van der Waals surface area contributed by atoms with Crippen molar-refractivity contribution in [1.29, 1.82) is 0 Å². The van der Waals surface area contributed by atoms with Gasteiger partial charge in [0.1, 0.15) is 11.6 Å². The third-order valence-corrected chi connectivity index (χ3v) is 6.70. The van der Waals surface area contributed by atoms with Crippen molar-refractivity contribution in [2.24, 2.45) is 5.73 Å². The summed E-state index contributed by atoms with van der Waals surface area (Å²) in [6.07, 6.45) is 5.86. The molecule has 2 aliphatic rings. The molecule has 2 aromatic heterocycles. The molecular formula is C24H30N6O2. The lowest BCUT2D eigenvalue weighted by Gasteiger charge is -2.35. The van der Waals surface area contributed by atoms with E-state index in [-0.39, 0.29) is 23.7 Å². The van der Waals surface area contributed by atoms with E-state index in [9.17, 15) is 9.90 Å². The maximum absolute atomic E-state index is 13.4. The van der Waals surface area contributed by atoms with Crippen LogP contribution in [-0.4, -0.2) is 56.2 Å². The molecule has 32 heavy (non-hydrogen) atoms. The maximum atomic E-state index is 13.4. The van der Waals surface area contributed by atoms with E-state index in [4.69, 9.17) is 15.8 Å². The Morgan fingerprint density at radius 3 is 2.75 bits per heavy atom. The Labute approximate surface area is 187 Å². The van der Waals surface area contributed by atoms with E-state index in [0.717, 1.165) is 67.1 Å². The lowest BCUT2D eigenvalue weighted by molar-refractivity contribution is 0.0604. The van der Waals surface area contributed by atoms with Gasteiger partial charge in [0, 0.05) is 49.1 Å². The van der Waals surface area contributed by atoms with Crippen LogP contribution < -0.4 is 10.6 Å². The van der Waals surface area contributed by atoms with Crippen LogP contribution in [0.4, 0.5) is 5.82 Å². The zero-order valence-electron chi connectivity index (χ0n) is 18.7. The van der Waals surface area contributed by atoms with E-state index in [0.29, 0.717) is 12.1 Å². The Kier molecular flexibility index (Phi) is 5.25. The number of fused-ring (bicyclic) bond motifs is 1. The van der Waals surface area contributed by atoms with E-state index in [2.05, 4.69) is 4.90 Å². The van der Waals surface area contributed by atoms with Crippen LogP contribution in [0.2, 0.25) is 0 Å². The first-order valence-corrected chi connectivity index (χ1v) is 11.4. The van der Waals surface area contributed by atoms with E-state index in [1.807, 2.05) is 35.5 Å². The summed E-state index contributed by atoms with van der Waals surface area (Å²) in [5, 5.41) is 14.7. The van der Waals surface area contributed by atoms with Gasteiger partial charge in [0.2, 0.25) is 0 Å². The quantitative estimate of drug-likeness (QED) is 0.657. The van der Waals surface area contributed by atoms with Gasteiger partial charge in [-0.2, -0.15) is 5.10 Å². The van der Waals surface area contributed by atoms with Crippen LogP contribution in [0.25, 0.3) is 5.65 Å². The first kappa shape index (κ1) is 20.8. The molecule has 0 saturated carbocycles. The monoisotopic (exact) mass is 434 g/mol. The van der Waals surface area contributed by atoms with Crippen LogP contribution in [0, 0.1) is 13.8 Å². The van der Waals surface area contributed by atoms with Crippen molar-refractivity contribution in [3.05, 3.63) is 52.8 Å². The highest BCUT2D eigenvalue weighted by atomic mass is 16.3. The molecule has 0 radical (unpaired) electrons. The van der Waals surface area contributed by atoms with Crippen LogP contribution in [0.1, 0.15) is 58.9 Å². The summed E-state index contributed by atoms with van der Waals surface area (Å²) in [6, 6.07) is 7.04. The molecular weight excluding hydrogens is 404 g/mol. The number of rotatable bonds is 3. The standard InChI is InChI=1S/C24H30N6O2/c1-15-6-7-18(31)11-19(15)24(32)29-9-4-3-5-21(29)20-12-22-26-23(16(2)13-30(22)27-20)28-10-8-17(25)14-28/h6-7,11-13,17,21,31H,3-5,8-10,14,25H2,1-2H3/t17-,21-/m0/s1. The molecule has 3 N–H and O–H groups in total. The molecule has 0 aliphatic carbocycles. The fourth-order valence-corrected chi connectivity index (χ4v) is 4.96. The first-order chi connectivity index (χ1) is 15.4. The molecule has 2 atom stereocenters. The molecule has 8 nitrogen and oxygen atoms in total. The zero-order valence-corrected chi connectivity index (χ0v) is 18.7. The second-order valence-electron chi connectivity index (χ2n) is 9.12. The molecule has 5 rings (SSSR count). The second-order valence-corrected chi connectivity index (χ2v) is 9.12. The number of carbonyl (C=O) groups excluding carboxylic acids is 1. The van der Waals surface area contributed by atoms with Gasteiger partial charge in [-0.1, -0.05) is 6.07 Å². The van der Waals surface area contributed by atoms with Crippen molar-refractivity contribution in [2.45, 2.75) is 51.6 Å². The topological polar surface area (TPSA) is 100.0 Å². The maximum Gasteiger partial charge on any atom is 0.254 e. The summed E-state index contributed by atoms with van der Waals surface area (Å²) in [7, 11) is 0. The largest absolute Gasteiger partial charge is 0.508 e. The zero-order chi connectivity index (χ0) is 22.4. The molecule has 0 spiro atoms. The van der Waals surface area contributed by atoms with Crippen LogP contribution in [0.15, 0.2) is 30.5 Å². The highest BCUT2D eigenvalue weighted by molar-refractivity contribution is 5.96. The second kappa shape index (κ2) is 8.09. The average Bonchev–Trinajstić information content (AvgIpc) is 3.40. The highest BCUT2D eigenvalue weighted by Crippen LogP contribution is 2.33. The Morgan fingerprint density at radius 1 is 1.12 bits per heavy atom. The van der Waals surface area contributed by atoms with E-state index in [1.165, 1.54) is 0 Å². The van der Waals surface area contributed by atoms with Crippen molar-refractivity contribution in [2.75, 3.05) is 24.5 Å². The van der Waals surface area contributed by atoms with Gasteiger partial charge in [-0.05, 0) is 57.2 Å². The molecule has 3 aromatic rings. The molecule has 0 unspecified atom stereocenters. The highest BCUT2D eigenvalue weighted by Gasteiger charge is 2.32. The van der Waals surface area contributed by atoms with Crippen LogP contribution >= 0.6 is 0 Å². The molecule has 0 bridgehead atoms. The Morgan fingerprint density at radius 2 is 1.97 bits per heavy atom. The van der Waals surface area contributed by atoms with Crippen molar-refractivity contribution < 1.29 is 9.90 Å². The van der Waals surface area contributed by atoms with Crippen molar-refractivity contribution in [3.8, 4) is 5.75 Å². The van der Waals surface area contributed by atoms with Gasteiger partial charge in [0.15, 0.2) is 5.65 Å². The summed E-state index contributed by atoms with van der Waals surface area (Å²) in [4.78, 5) is 22.5. The predicted octanol–water partition coefficient (Wildman–Crippen LogP) is 2.96. The van der Waals surface area contributed by atoms with Gasteiger partial charge < -0.3 is 20.6 Å². The predicted molar refractivity (Wildman–Crippen MR) is 123 cm³/mol. The number of amides is 1. The SMILES string of the molecule is Cc1ccc(O)cc1C(=O)N1CCCC[C@H]1c1cc2nc(N3CC[C@H](N)C3)c(C)cn2n1. The lowest BCUT2D eigenvalue weighted by Crippen LogP contribution is -2.39. The summed E-state index contributed by atoms with van der Waals surface area (Å²) in [5.74, 6) is 1.01. The Bertz CT molecular complexity index is 1170. The molecule has 4 heterocycles. The smallest absolute Gasteiger partial charge is 0.254 e. The van der Waals surface area contributed by atoms with Gasteiger partial charge >= 0.3 is 0 Å². The third-order valence-electron chi connectivity index (χ3n) is 6.70. The minimum Gasteiger partial charge on any atom is -0.508 e. The van der Waals surface area contributed by atoms with E-state index in [1.54, 1.807) is 18.2 Å². The third kappa shape index (κ3) is 3.68. The minimum absolute atomic E-state index is 0.0592. The van der Waals surface area contributed by atoms with Gasteiger partial charge in [0.05, 0.1) is 11.7 Å². The fraction of sp³-hybridized carbons (Fsp3) is 0.458. The van der Waals surface area contributed by atoms with Gasteiger partial charge in [-0.3, -0.25) is 4.79 Å². The number of hydrogen-bond donors (Lipinski definition) is 2. The van der Waals surface area contributed by atoms with Crippen LogP contribution in [0.5, 0.6) is 5.75 Å². The van der Waals surface area contributed by atoms with Gasteiger partial charge in [0.25, 0.3) is 5.91 Å². The minimum atomic E-state index is -0.108. The number of nitrogens with two attached hydrogens (primary N) is 1. The summed E-state index contributed by atoms with van der Waals surface area (Å²) in [5.41, 5.74) is 10.2. The molecule has 2 saturated heterocycles. The van der Waals surface area contributed by atoms with Crippen molar-refractivity contribution in [3.63, 3.8) is 0 Å². The number of anilines is 1. The molecule has 2 fully saturated rings. The first-order valence-electron chi connectivity index (χ1n) is 11.4. The Hall–Kier alpha value is -3.13. The summed E-state index contributed by atoms with van der Waals surface area (Å²) < 4.78 is 1.82. The number of nitrogens with zero attached hydrogens (tertiary/aromatic N) is 5. The number of hydrogen-bond acceptors (Lipinski definition) is 6. The number of phenols is 1. The molecule has 1 aromatic carbocycles. The van der Waals surface area contributed by atoms with Crippen molar-refractivity contribution in [1.82, 2.24) is 19.5 Å². The number of phenolic OH excluding ortho intramolecular Hbond substituents is 1. The summed E-state index contributed by atoms with van der Waals surface area (Å²) >= 11 is 0. The number of aromatic nitrogens is 3.